The molecule has 1 heterocycles. The van der Waals surface area contributed by atoms with Gasteiger partial charge in [-0.15, -0.1) is 0 Å². The molecule has 1 aliphatic rings. The molecule has 4 heteroatoms. The third kappa shape index (κ3) is 4.09. The highest BCUT2D eigenvalue weighted by Crippen LogP contribution is 2.28. The van der Waals surface area contributed by atoms with Crippen LogP contribution in [0.1, 0.15) is 48.9 Å². The van der Waals surface area contributed by atoms with Gasteiger partial charge in [-0.1, -0.05) is 25.7 Å². The molecule has 0 atom stereocenters. The maximum atomic E-state index is 11.8. The summed E-state index contributed by atoms with van der Waals surface area (Å²) in [6.45, 7) is 0.769. The van der Waals surface area contributed by atoms with Gasteiger partial charge in [0.1, 0.15) is 4.60 Å². The highest BCUT2D eigenvalue weighted by atomic mass is 79.9. The number of halogens is 1. The number of aromatic nitrogens is 1. The van der Waals surface area contributed by atoms with Gasteiger partial charge in [-0.3, -0.25) is 4.79 Å². The number of hydrogen-bond acceptors (Lipinski definition) is 2. The van der Waals surface area contributed by atoms with Crippen molar-refractivity contribution in [3.8, 4) is 0 Å². The molecule has 1 amide bonds. The normalized spacial score (nSPS) is 15.8. The number of hydrogen-bond donors (Lipinski definition) is 1. The molecule has 0 aromatic carbocycles. The summed E-state index contributed by atoms with van der Waals surface area (Å²) in [6.07, 6.45) is 9.47. The first-order valence-corrected chi connectivity index (χ1v) is 7.45. The van der Waals surface area contributed by atoms with Crippen LogP contribution in [0, 0.1) is 5.92 Å². The summed E-state index contributed by atoms with van der Waals surface area (Å²) in [5, 5.41) is 2.95. The number of rotatable bonds is 5. The van der Waals surface area contributed by atoms with Gasteiger partial charge in [0.25, 0.3) is 5.91 Å². The van der Waals surface area contributed by atoms with Gasteiger partial charge in [0, 0.05) is 12.7 Å². The molecule has 0 bridgehead atoms. The van der Waals surface area contributed by atoms with Crippen molar-refractivity contribution >= 4 is 21.8 Å². The van der Waals surface area contributed by atoms with E-state index in [4.69, 9.17) is 0 Å². The van der Waals surface area contributed by atoms with Crippen molar-refractivity contribution in [2.24, 2.45) is 5.92 Å². The smallest absolute Gasteiger partial charge is 0.252 e. The van der Waals surface area contributed by atoms with Crippen LogP contribution < -0.4 is 5.32 Å². The molecular weight excluding hydrogens is 292 g/mol. The van der Waals surface area contributed by atoms with E-state index in [-0.39, 0.29) is 5.91 Å². The van der Waals surface area contributed by atoms with Crippen molar-refractivity contribution in [1.82, 2.24) is 10.3 Å². The zero-order chi connectivity index (χ0) is 12.8. The lowest BCUT2D eigenvalue weighted by atomic mass is 10.0. The van der Waals surface area contributed by atoms with Crippen molar-refractivity contribution in [3.63, 3.8) is 0 Å². The summed E-state index contributed by atoms with van der Waals surface area (Å²) >= 11 is 3.25. The molecule has 0 spiro atoms. The Bertz CT molecular complexity index is 385. The van der Waals surface area contributed by atoms with Gasteiger partial charge in [0.2, 0.25) is 0 Å². The minimum absolute atomic E-state index is 0.0265. The Morgan fingerprint density at radius 3 is 2.83 bits per heavy atom. The highest BCUT2D eigenvalue weighted by molar-refractivity contribution is 9.10. The molecule has 1 fully saturated rings. The Morgan fingerprint density at radius 1 is 1.39 bits per heavy atom. The zero-order valence-corrected chi connectivity index (χ0v) is 12.1. The Balaban J connectivity index is 1.66. The van der Waals surface area contributed by atoms with Crippen LogP contribution in [0.3, 0.4) is 0 Å². The quantitative estimate of drug-likeness (QED) is 0.667. The topological polar surface area (TPSA) is 42.0 Å². The SMILES string of the molecule is O=C(NCCCC1CCCC1)c1ccc(Br)nc1. The molecule has 1 aromatic heterocycles. The van der Waals surface area contributed by atoms with Crippen molar-refractivity contribution in [2.75, 3.05) is 6.54 Å². The summed E-state index contributed by atoms with van der Waals surface area (Å²) in [4.78, 5) is 15.8. The maximum Gasteiger partial charge on any atom is 0.252 e. The van der Waals surface area contributed by atoms with Gasteiger partial charge in [0.05, 0.1) is 5.56 Å². The third-order valence-corrected chi connectivity index (χ3v) is 4.01. The number of pyridine rings is 1. The van der Waals surface area contributed by atoms with E-state index in [9.17, 15) is 4.79 Å². The molecule has 1 aromatic rings. The van der Waals surface area contributed by atoms with Crippen LogP contribution in [0.5, 0.6) is 0 Å². The Hall–Kier alpha value is -0.900. The molecule has 98 valence electrons. The average molecular weight is 311 g/mol. The standard InChI is InChI=1S/C14H19BrN2O/c15-13-8-7-12(10-17-13)14(18)16-9-3-6-11-4-1-2-5-11/h7-8,10-11H,1-6,9H2,(H,16,18). The molecule has 0 radical (unpaired) electrons. The van der Waals surface area contributed by atoms with Crippen molar-refractivity contribution < 1.29 is 4.79 Å². The fraction of sp³-hybridized carbons (Fsp3) is 0.571. The molecule has 2 rings (SSSR count). The molecule has 1 N–H and O–H groups in total. The van der Waals surface area contributed by atoms with Gasteiger partial charge in [-0.25, -0.2) is 4.98 Å². The van der Waals surface area contributed by atoms with Crippen LogP contribution in [-0.2, 0) is 0 Å². The van der Waals surface area contributed by atoms with Crippen LogP contribution in [0.4, 0.5) is 0 Å². The van der Waals surface area contributed by atoms with Crippen LogP contribution in [0.2, 0.25) is 0 Å². The van der Waals surface area contributed by atoms with Gasteiger partial charge >= 0.3 is 0 Å². The van der Waals surface area contributed by atoms with E-state index >= 15 is 0 Å². The summed E-state index contributed by atoms with van der Waals surface area (Å²) in [7, 11) is 0. The van der Waals surface area contributed by atoms with E-state index in [0.717, 1.165) is 23.5 Å². The summed E-state index contributed by atoms with van der Waals surface area (Å²) in [5.74, 6) is 0.873. The largest absolute Gasteiger partial charge is 0.352 e. The van der Waals surface area contributed by atoms with E-state index < -0.39 is 0 Å². The van der Waals surface area contributed by atoms with E-state index in [0.29, 0.717) is 5.56 Å². The third-order valence-electron chi connectivity index (χ3n) is 3.54. The molecule has 0 saturated heterocycles. The first kappa shape index (κ1) is 13.5. The second-order valence-corrected chi connectivity index (χ2v) is 5.73. The van der Waals surface area contributed by atoms with Gasteiger partial charge in [0.15, 0.2) is 0 Å². The highest BCUT2D eigenvalue weighted by Gasteiger charge is 2.14. The summed E-state index contributed by atoms with van der Waals surface area (Å²) in [5.41, 5.74) is 0.624. The minimum atomic E-state index is -0.0265. The maximum absolute atomic E-state index is 11.8. The summed E-state index contributed by atoms with van der Waals surface area (Å²) < 4.78 is 0.750. The van der Waals surface area contributed by atoms with Crippen molar-refractivity contribution in [1.29, 1.82) is 0 Å². The summed E-state index contributed by atoms with van der Waals surface area (Å²) in [6, 6.07) is 3.57. The number of amides is 1. The molecule has 1 aliphatic carbocycles. The predicted molar refractivity (Wildman–Crippen MR) is 75.5 cm³/mol. The predicted octanol–water partition coefficient (Wildman–Crippen LogP) is 3.54. The van der Waals surface area contributed by atoms with Crippen LogP contribution in [0.25, 0.3) is 0 Å². The number of carbonyl (C=O) groups excluding carboxylic acids is 1. The Morgan fingerprint density at radius 2 is 2.17 bits per heavy atom. The molecule has 3 nitrogen and oxygen atoms in total. The fourth-order valence-corrected chi connectivity index (χ4v) is 2.74. The molecule has 1 saturated carbocycles. The lowest BCUT2D eigenvalue weighted by molar-refractivity contribution is 0.0952. The first-order chi connectivity index (χ1) is 8.75. The van der Waals surface area contributed by atoms with Gasteiger partial charge < -0.3 is 5.32 Å². The Labute approximate surface area is 117 Å². The number of carbonyl (C=O) groups is 1. The van der Waals surface area contributed by atoms with Crippen molar-refractivity contribution in [2.45, 2.75) is 38.5 Å². The number of nitrogens with one attached hydrogen (secondary N) is 1. The van der Waals surface area contributed by atoms with E-state index in [2.05, 4.69) is 26.2 Å². The van der Waals surface area contributed by atoms with E-state index in [1.807, 2.05) is 0 Å². The van der Waals surface area contributed by atoms with Gasteiger partial charge in [-0.05, 0) is 46.8 Å². The second kappa shape index (κ2) is 6.88. The molecule has 18 heavy (non-hydrogen) atoms. The lowest BCUT2D eigenvalue weighted by Gasteiger charge is -2.09. The fourth-order valence-electron chi connectivity index (χ4n) is 2.50. The van der Waals surface area contributed by atoms with E-state index in [1.165, 1.54) is 32.1 Å². The van der Waals surface area contributed by atoms with Gasteiger partial charge in [-0.2, -0.15) is 0 Å². The lowest BCUT2D eigenvalue weighted by Crippen LogP contribution is -2.24. The second-order valence-electron chi connectivity index (χ2n) is 4.92. The first-order valence-electron chi connectivity index (χ1n) is 6.65. The zero-order valence-electron chi connectivity index (χ0n) is 10.5. The number of nitrogens with zero attached hydrogens (tertiary/aromatic N) is 1. The average Bonchev–Trinajstić information content (AvgIpc) is 2.88. The van der Waals surface area contributed by atoms with Crippen LogP contribution >= 0.6 is 15.9 Å². The van der Waals surface area contributed by atoms with Crippen molar-refractivity contribution in [3.05, 3.63) is 28.5 Å². The molecule has 0 aliphatic heterocycles. The Kier molecular flexibility index (Phi) is 5.17. The van der Waals surface area contributed by atoms with E-state index in [1.54, 1.807) is 18.3 Å². The monoisotopic (exact) mass is 310 g/mol. The molecule has 0 unspecified atom stereocenters. The molecular formula is C14H19BrN2O. The minimum Gasteiger partial charge on any atom is -0.352 e. The van der Waals surface area contributed by atoms with Crippen LogP contribution in [-0.4, -0.2) is 17.4 Å². The van der Waals surface area contributed by atoms with Crippen LogP contribution in [0.15, 0.2) is 22.9 Å².